The van der Waals surface area contributed by atoms with Crippen molar-refractivity contribution < 1.29 is 13.9 Å². The lowest BCUT2D eigenvalue weighted by molar-refractivity contribution is -0.127. The van der Waals surface area contributed by atoms with Crippen molar-refractivity contribution in [3.63, 3.8) is 0 Å². The molecule has 1 aliphatic carbocycles. The summed E-state index contributed by atoms with van der Waals surface area (Å²) >= 11 is 0. The van der Waals surface area contributed by atoms with E-state index in [1.54, 1.807) is 12.1 Å². The number of hydrogen-bond donors (Lipinski definition) is 0. The summed E-state index contributed by atoms with van der Waals surface area (Å²) in [5.74, 6) is 0.753. The molecule has 0 unspecified atom stereocenters. The molecule has 4 heteroatoms. The van der Waals surface area contributed by atoms with Crippen LogP contribution in [0.1, 0.15) is 51.0 Å². The van der Waals surface area contributed by atoms with E-state index < -0.39 is 0 Å². The predicted molar refractivity (Wildman–Crippen MR) is 89.0 cm³/mol. The Morgan fingerprint density at radius 3 is 2.87 bits per heavy atom. The van der Waals surface area contributed by atoms with Crippen LogP contribution in [0.15, 0.2) is 33.5 Å². The van der Waals surface area contributed by atoms with Gasteiger partial charge in [0.25, 0.3) is 0 Å². The van der Waals surface area contributed by atoms with Gasteiger partial charge in [-0.05, 0) is 49.8 Å². The minimum Gasteiger partial charge on any atom is -0.483 e. The molecule has 23 heavy (non-hydrogen) atoms. The maximum absolute atomic E-state index is 11.9. The van der Waals surface area contributed by atoms with Crippen molar-refractivity contribution in [2.45, 2.75) is 58.0 Å². The van der Waals surface area contributed by atoms with Crippen molar-refractivity contribution in [2.75, 3.05) is 0 Å². The van der Waals surface area contributed by atoms with Crippen LogP contribution in [0.4, 0.5) is 0 Å². The maximum Gasteiger partial charge on any atom is 0.336 e. The number of ether oxygens (including phenoxy) is 1. The first-order valence-corrected chi connectivity index (χ1v) is 8.43. The summed E-state index contributed by atoms with van der Waals surface area (Å²) in [7, 11) is 0. The van der Waals surface area contributed by atoms with Gasteiger partial charge in [0.1, 0.15) is 11.3 Å². The van der Waals surface area contributed by atoms with Crippen molar-refractivity contribution >= 4 is 16.8 Å². The molecule has 2 aromatic rings. The molecule has 1 fully saturated rings. The number of ketones is 1. The number of carbonyl (C=O) groups is 1. The number of aryl methyl sites for hydroxylation is 1. The van der Waals surface area contributed by atoms with E-state index in [4.69, 9.17) is 9.15 Å². The number of carbonyl (C=O) groups excluding carboxylic acids is 1. The molecule has 1 atom stereocenters. The zero-order valence-corrected chi connectivity index (χ0v) is 13.5. The lowest BCUT2D eigenvalue weighted by Gasteiger charge is -2.21. The Morgan fingerprint density at radius 2 is 2.09 bits per heavy atom. The smallest absolute Gasteiger partial charge is 0.336 e. The first-order chi connectivity index (χ1) is 11.2. The van der Waals surface area contributed by atoms with Gasteiger partial charge in [-0.1, -0.05) is 13.3 Å². The van der Waals surface area contributed by atoms with Gasteiger partial charge in [-0.15, -0.1) is 0 Å². The second kappa shape index (κ2) is 6.99. The molecule has 0 radical (unpaired) electrons. The van der Waals surface area contributed by atoms with Gasteiger partial charge in [0.2, 0.25) is 0 Å². The third kappa shape index (κ3) is 3.63. The monoisotopic (exact) mass is 314 g/mol. The van der Waals surface area contributed by atoms with E-state index in [-0.39, 0.29) is 17.5 Å². The minimum atomic E-state index is -0.365. The Hall–Kier alpha value is -2.10. The van der Waals surface area contributed by atoms with Gasteiger partial charge in [-0.2, -0.15) is 0 Å². The number of hydrogen-bond acceptors (Lipinski definition) is 4. The van der Waals surface area contributed by atoms with Crippen LogP contribution in [0.3, 0.4) is 0 Å². The number of rotatable bonds is 5. The highest BCUT2D eigenvalue weighted by molar-refractivity contribution is 5.84. The van der Waals surface area contributed by atoms with E-state index in [9.17, 15) is 9.59 Å². The third-order valence-electron chi connectivity index (χ3n) is 4.38. The molecule has 1 aromatic heterocycles. The van der Waals surface area contributed by atoms with E-state index in [0.717, 1.165) is 49.5 Å². The molecule has 0 aliphatic heterocycles. The molecule has 122 valence electrons. The fourth-order valence-electron chi connectivity index (χ4n) is 3.10. The van der Waals surface area contributed by atoms with E-state index in [2.05, 4.69) is 6.92 Å². The van der Waals surface area contributed by atoms with Crippen molar-refractivity contribution in [2.24, 2.45) is 0 Å². The zero-order valence-electron chi connectivity index (χ0n) is 13.5. The van der Waals surface area contributed by atoms with E-state index in [0.29, 0.717) is 17.8 Å². The fraction of sp³-hybridized carbons (Fsp3) is 0.474. The first kappa shape index (κ1) is 15.8. The fourth-order valence-corrected chi connectivity index (χ4v) is 3.10. The predicted octanol–water partition coefficient (Wildman–Crippen LogP) is 4.03. The first-order valence-electron chi connectivity index (χ1n) is 8.43. The Morgan fingerprint density at radius 1 is 1.22 bits per heavy atom. The molecule has 4 nitrogen and oxygen atoms in total. The number of fused-ring (bicyclic) bond motifs is 1. The van der Waals surface area contributed by atoms with E-state index >= 15 is 0 Å². The van der Waals surface area contributed by atoms with E-state index in [1.807, 2.05) is 12.1 Å². The highest BCUT2D eigenvalue weighted by Crippen LogP contribution is 2.26. The highest BCUT2D eigenvalue weighted by Gasteiger charge is 2.24. The van der Waals surface area contributed by atoms with Crippen LogP contribution in [0, 0.1) is 0 Å². The number of benzene rings is 1. The molecule has 0 saturated heterocycles. The molecular formula is C19H22O4. The second-order valence-corrected chi connectivity index (χ2v) is 6.17. The molecule has 0 spiro atoms. The standard InChI is InChI=1S/C19H22O4/c1-2-3-6-13-11-19(21)23-18-12-14(9-10-15(13)18)22-17-8-5-4-7-16(17)20/h9-12,17H,2-8H2,1H3/t17-/m1/s1. The van der Waals surface area contributed by atoms with E-state index in [1.165, 1.54) is 0 Å². The number of Topliss-reactive ketones (excluding diaryl/α,β-unsaturated/α-hetero) is 1. The molecule has 1 aromatic carbocycles. The van der Waals surface area contributed by atoms with Gasteiger partial charge in [0.15, 0.2) is 11.9 Å². The summed E-state index contributed by atoms with van der Waals surface area (Å²) in [5, 5.41) is 0.945. The van der Waals surface area contributed by atoms with Gasteiger partial charge in [-0.3, -0.25) is 4.79 Å². The summed E-state index contributed by atoms with van der Waals surface area (Å²) in [6, 6.07) is 7.09. The summed E-state index contributed by atoms with van der Waals surface area (Å²) < 4.78 is 11.1. The molecular weight excluding hydrogens is 292 g/mol. The maximum atomic E-state index is 11.9. The van der Waals surface area contributed by atoms with Crippen LogP contribution in [0.25, 0.3) is 11.0 Å². The molecule has 3 rings (SSSR count). The minimum absolute atomic E-state index is 0.162. The average Bonchev–Trinajstić information content (AvgIpc) is 2.54. The Bertz CT molecular complexity index is 760. The topological polar surface area (TPSA) is 56.5 Å². The van der Waals surface area contributed by atoms with Gasteiger partial charge < -0.3 is 9.15 Å². The summed E-state index contributed by atoms with van der Waals surface area (Å²) in [6.07, 6.45) is 5.93. The lowest BCUT2D eigenvalue weighted by Crippen LogP contribution is -2.30. The van der Waals surface area contributed by atoms with Crippen molar-refractivity contribution in [1.82, 2.24) is 0 Å². The third-order valence-corrected chi connectivity index (χ3v) is 4.38. The molecule has 1 heterocycles. The van der Waals surface area contributed by atoms with Crippen LogP contribution >= 0.6 is 0 Å². The molecule has 0 amide bonds. The van der Waals surface area contributed by atoms with Crippen LogP contribution in [0.2, 0.25) is 0 Å². The Balaban J connectivity index is 1.89. The van der Waals surface area contributed by atoms with Crippen molar-refractivity contribution in [3.05, 3.63) is 40.2 Å². The summed E-state index contributed by atoms with van der Waals surface area (Å²) in [4.78, 5) is 23.6. The highest BCUT2D eigenvalue weighted by atomic mass is 16.5. The van der Waals surface area contributed by atoms with Gasteiger partial charge in [0, 0.05) is 23.9 Å². The Kier molecular flexibility index (Phi) is 4.79. The summed E-state index contributed by atoms with van der Waals surface area (Å²) in [6.45, 7) is 2.13. The van der Waals surface area contributed by atoms with Crippen molar-refractivity contribution in [3.8, 4) is 5.75 Å². The average molecular weight is 314 g/mol. The van der Waals surface area contributed by atoms with Crippen LogP contribution in [-0.4, -0.2) is 11.9 Å². The molecule has 1 saturated carbocycles. The van der Waals surface area contributed by atoms with Gasteiger partial charge in [0.05, 0.1) is 0 Å². The van der Waals surface area contributed by atoms with Gasteiger partial charge in [-0.25, -0.2) is 4.79 Å². The lowest BCUT2D eigenvalue weighted by atomic mass is 9.96. The normalized spacial score (nSPS) is 18.3. The van der Waals surface area contributed by atoms with Crippen LogP contribution < -0.4 is 10.4 Å². The number of unbranched alkanes of at least 4 members (excludes halogenated alkanes) is 1. The SMILES string of the molecule is CCCCc1cc(=O)oc2cc(O[C@@H]3CCCCC3=O)ccc12. The van der Waals surface area contributed by atoms with Gasteiger partial charge >= 0.3 is 5.63 Å². The second-order valence-electron chi connectivity index (χ2n) is 6.17. The van der Waals surface area contributed by atoms with Crippen LogP contribution in [-0.2, 0) is 11.2 Å². The van der Waals surface area contributed by atoms with Crippen LogP contribution in [0.5, 0.6) is 5.75 Å². The Labute approximate surface area is 135 Å². The summed E-state index contributed by atoms with van der Waals surface area (Å²) in [5.41, 5.74) is 1.21. The zero-order chi connectivity index (χ0) is 16.2. The molecule has 1 aliphatic rings. The molecule has 0 bridgehead atoms. The largest absolute Gasteiger partial charge is 0.483 e. The quantitative estimate of drug-likeness (QED) is 0.782. The molecule has 0 N–H and O–H groups in total. The van der Waals surface area contributed by atoms with Crippen molar-refractivity contribution in [1.29, 1.82) is 0 Å².